The molecule has 3 atom stereocenters. The maximum Gasteiger partial charge on any atom is 0.315 e. The fraction of sp³-hybridized carbons (Fsp3) is 0.412. The molecule has 128 valence electrons. The minimum atomic E-state index is -1.17. The maximum atomic E-state index is 12.0. The smallest absolute Gasteiger partial charge is 0.315 e. The van der Waals surface area contributed by atoms with Gasteiger partial charge in [-0.2, -0.15) is 5.10 Å². The highest BCUT2D eigenvalue weighted by Gasteiger charge is 2.39. The van der Waals surface area contributed by atoms with E-state index < -0.39 is 5.60 Å². The number of nitrogens with zero attached hydrogens (tertiary/aromatic N) is 2. The van der Waals surface area contributed by atoms with Crippen LogP contribution in [0.3, 0.4) is 0 Å². The maximum absolute atomic E-state index is 12.0. The molecule has 0 saturated heterocycles. The topological polar surface area (TPSA) is 79.2 Å². The number of carbonyl (C=O) groups excluding carboxylic acids is 1. The van der Waals surface area contributed by atoms with Crippen LogP contribution in [0.5, 0.6) is 0 Å². The number of nitrogens with one attached hydrogen (secondary N) is 2. The normalized spacial score (nSPS) is 21.8. The van der Waals surface area contributed by atoms with Gasteiger partial charge in [0.25, 0.3) is 0 Å². The van der Waals surface area contributed by atoms with Crippen LogP contribution in [0.15, 0.2) is 36.7 Å². The van der Waals surface area contributed by atoms with E-state index in [0.717, 1.165) is 12.0 Å². The predicted octanol–water partition coefficient (Wildman–Crippen LogP) is 2.14. The Kier molecular flexibility index (Phi) is 4.51. The summed E-state index contributed by atoms with van der Waals surface area (Å²) in [5.74, 6) is 0.299. The van der Waals surface area contributed by atoms with Crippen LogP contribution in [0.1, 0.15) is 30.4 Å². The Morgan fingerprint density at radius 1 is 1.54 bits per heavy atom. The van der Waals surface area contributed by atoms with Crippen LogP contribution < -0.4 is 10.6 Å². The van der Waals surface area contributed by atoms with E-state index in [-0.39, 0.29) is 18.6 Å². The van der Waals surface area contributed by atoms with Crippen LogP contribution in [-0.4, -0.2) is 33.5 Å². The molecule has 3 N–H and O–H groups in total. The van der Waals surface area contributed by atoms with Gasteiger partial charge >= 0.3 is 6.03 Å². The molecule has 1 heterocycles. The Morgan fingerprint density at radius 3 is 3.00 bits per heavy atom. The van der Waals surface area contributed by atoms with E-state index in [9.17, 15) is 9.90 Å². The van der Waals surface area contributed by atoms with E-state index in [4.69, 9.17) is 11.6 Å². The van der Waals surface area contributed by atoms with Crippen LogP contribution in [-0.2, 0) is 12.6 Å². The minimum absolute atomic E-state index is 0.104. The molecule has 0 bridgehead atoms. The van der Waals surface area contributed by atoms with Crippen LogP contribution >= 0.6 is 11.6 Å². The number of rotatable bonds is 5. The first-order chi connectivity index (χ1) is 11.3. The number of hydrogen-bond donors (Lipinski definition) is 3. The zero-order valence-corrected chi connectivity index (χ0v) is 14.4. The minimum Gasteiger partial charge on any atom is -0.383 e. The molecule has 0 aliphatic heterocycles. The molecule has 0 spiro atoms. The lowest BCUT2D eigenvalue weighted by molar-refractivity contribution is 0.0593. The first kappa shape index (κ1) is 16.8. The molecule has 1 fully saturated rings. The zero-order valence-electron chi connectivity index (χ0n) is 13.7. The van der Waals surface area contributed by atoms with Crippen molar-refractivity contribution in [2.45, 2.75) is 30.9 Å². The van der Waals surface area contributed by atoms with Gasteiger partial charge in [0, 0.05) is 35.8 Å². The fourth-order valence-corrected chi connectivity index (χ4v) is 2.93. The Hall–Kier alpha value is -2.05. The Morgan fingerprint density at radius 2 is 2.33 bits per heavy atom. The van der Waals surface area contributed by atoms with Gasteiger partial charge in [-0.05, 0) is 31.0 Å². The van der Waals surface area contributed by atoms with Crippen molar-refractivity contribution >= 4 is 17.6 Å². The molecule has 0 radical (unpaired) electrons. The lowest BCUT2D eigenvalue weighted by Crippen LogP contribution is -2.44. The van der Waals surface area contributed by atoms with Gasteiger partial charge in [-0.25, -0.2) is 4.79 Å². The van der Waals surface area contributed by atoms with Gasteiger partial charge < -0.3 is 15.7 Å². The van der Waals surface area contributed by atoms with Gasteiger partial charge in [0.2, 0.25) is 0 Å². The third kappa shape index (κ3) is 3.88. The van der Waals surface area contributed by atoms with E-state index in [0.29, 0.717) is 16.5 Å². The van der Waals surface area contributed by atoms with Gasteiger partial charge in [-0.15, -0.1) is 0 Å². The lowest BCUT2D eigenvalue weighted by atomic mass is 10.00. The second-order valence-corrected chi connectivity index (χ2v) is 6.94. The first-order valence-corrected chi connectivity index (χ1v) is 8.24. The standard InChI is InChI=1S/C17H21ClN4O2/c1-17(24,12-8-20-22(2)9-12)10-19-16(23)21-15-7-14(15)11-4-3-5-13(18)6-11/h3-6,8-9,14-15,24H,7,10H2,1-2H3,(H2,19,21,23). The molecule has 7 heteroatoms. The van der Waals surface area contributed by atoms with Gasteiger partial charge in [-0.3, -0.25) is 4.68 Å². The summed E-state index contributed by atoms with van der Waals surface area (Å²) in [6.45, 7) is 1.76. The number of urea groups is 1. The fourth-order valence-electron chi connectivity index (χ4n) is 2.73. The van der Waals surface area contributed by atoms with Crippen molar-refractivity contribution in [3.8, 4) is 0 Å². The molecule has 6 nitrogen and oxygen atoms in total. The number of carbonyl (C=O) groups is 1. The van der Waals surface area contributed by atoms with E-state index in [1.54, 1.807) is 31.0 Å². The van der Waals surface area contributed by atoms with E-state index in [1.807, 2.05) is 24.3 Å². The summed E-state index contributed by atoms with van der Waals surface area (Å²) in [6, 6.07) is 7.52. The summed E-state index contributed by atoms with van der Waals surface area (Å²) in [6.07, 6.45) is 4.22. The Balaban J connectivity index is 1.49. The second kappa shape index (κ2) is 6.45. The molecule has 1 saturated carbocycles. The summed E-state index contributed by atoms with van der Waals surface area (Å²) in [7, 11) is 1.78. The molecule has 1 aromatic carbocycles. The van der Waals surface area contributed by atoms with Crippen molar-refractivity contribution in [1.29, 1.82) is 0 Å². The summed E-state index contributed by atoms with van der Waals surface area (Å²) in [5.41, 5.74) is 0.630. The van der Waals surface area contributed by atoms with Crippen molar-refractivity contribution in [3.63, 3.8) is 0 Å². The number of aryl methyl sites for hydroxylation is 1. The highest BCUT2D eigenvalue weighted by atomic mass is 35.5. The molecular weight excluding hydrogens is 328 g/mol. The number of benzene rings is 1. The molecule has 1 aromatic heterocycles. The van der Waals surface area contributed by atoms with Gasteiger partial charge in [0.1, 0.15) is 5.60 Å². The van der Waals surface area contributed by atoms with E-state index in [2.05, 4.69) is 15.7 Å². The number of halogens is 1. The Labute approximate surface area is 145 Å². The predicted molar refractivity (Wildman–Crippen MR) is 91.9 cm³/mol. The van der Waals surface area contributed by atoms with Crippen molar-refractivity contribution < 1.29 is 9.90 Å². The molecule has 2 aromatic rings. The first-order valence-electron chi connectivity index (χ1n) is 7.86. The van der Waals surface area contributed by atoms with Crippen LogP contribution in [0.25, 0.3) is 0 Å². The summed E-state index contributed by atoms with van der Waals surface area (Å²) in [4.78, 5) is 12.0. The monoisotopic (exact) mass is 348 g/mol. The Bertz CT molecular complexity index is 744. The van der Waals surface area contributed by atoms with E-state index >= 15 is 0 Å². The van der Waals surface area contributed by atoms with Crippen LogP contribution in [0.4, 0.5) is 4.79 Å². The number of aliphatic hydroxyl groups is 1. The highest BCUT2D eigenvalue weighted by Crippen LogP contribution is 2.41. The molecule has 2 amide bonds. The van der Waals surface area contributed by atoms with Crippen LogP contribution in [0, 0.1) is 0 Å². The largest absolute Gasteiger partial charge is 0.383 e. The molecular formula is C17H21ClN4O2. The molecule has 1 aliphatic carbocycles. The summed E-state index contributed by atoms with van der Waals surface area (Å²) in [5, 5.41) is 20.8. The average Bonchev–Trinajstić information content (AvgIpc) is 3.14. The number of amides is 2. The zero-order chi connectivity index (χ0) is 17.3. The van der Waals surface area contributed by atoms with Crippen molar-refractivity contribution in [2.24, 2.45) is 7.05 Å². The SMILES string of the molecule is Cn1cc(C(C)(O)CNC(=O)NC2CC2c2cccc(Cl)c2)cn1. The van der Waals surface area contributed by atoms with Gasteiger partial charge in [-0.1, -0.05) is 23.7 Å². The number of hydrogen-bond acceptors (Lipinski definition) is 3. The molecule has 24 heavy (non-hydrogen) atoms. The molecule has 3 rings (SSSR count). The second-order valence-electron chi connectivity index (χ2n) is 6.51. The van der Waals surface area contributed by atoms with Gasteiger partial charge in [0.05, 0.1) is 12.7 Å². The molecule has 1 aliphatic rings. The molecule has 3 unspecified atom stereocenters. The van der Waals surface area contributed by atoms with Crippen LogP contribution in [0.2, 0.25) is 5.02 Å². The van der Waals surface area contributed by atoms with Crippen molar-refractivity contribution in [1.82, 2.24) is 20.4 Å². The lowest BCUT2D eigenvalue weighted by Gasteiger charge is -2.22. The summed E-state index contributed by atoms with van der Waals surface area (Å²) >= 11 is 6.00. The third-order valence-electron chi connectivity index (χ3n) is 4.30. The third-order valence-corrected chi connectivity index (χ3v) is 4.54. The van der Waals surface area contributed by atoms with E-state index in [1.165, 1.54) is 0 Å². The van der Waals surface area contributed by atoms with Gasteiger partial charge in [0.15, 0.2) is 0 Å². The van der Waals surface area contributed by atoms with Crippen molar-refractivity contribution in [2.75, 3.05) is 6.54 Å². The van der Waals surface area contributed by atoms with Crippen molar-refractivity contribution in [3.05, 3.63) is 52.8 Å². The quantitative estimate of drug-likeness (QED) is 0.774. The number of aromatic nitrogens is 2. The average molecular weight is 349 g/mol. The summed E-state index contributed by atoms with van der Waals surface area (Å²) < 4.78 is 1.61. The highest BCUT2D eigenvalue weighted by molar-refractivity contribution is 6.30.